The first kappa shape index (κ1) is 20.9. The molecule has 2 rings (SSSR count). The zero-order valence-electron chi connectivity index (χ0n) is 15.4. The van der Waals surface area contributed by atoms with E-state index in [2.05, 4.69) is 10.0 Å². The third-order valence-corrected chi connectivity index (χ3v) is 4.21. The standard InChI is InChI=1S/C15H19FN4O2S.C2H6/c1-10-5-6-12(11(16)7-10)17-13-8-15(21)20(4)9-14(13)18-23(22)19(2)3;1-2/h5-9,17-18H,1-4H3;1-2H3. The van der Waals surface area contributed by atoms with Gasteiger partial charge in [0, 0.05) is 33.4 Å². The van der Waals surface area contributed by atoms with Gasteiger partial charge in [0.15, 0.2) is 11.2 Å². The van der Waals surface area contributed by atoms with Crippen molar-refractivity contribution in [2.45, 2.75) is 20.8 Å². The number of hydrogen-bond donors (Lipinski definition) is 2. The lowest BCUT2D eigenvalue weighted by molar-refractivity contribution is 0.607. The highest BCUT2D eigenvalue weighted by Gasteiger charge is 2.12. The quantitative estimate of drug-likeness (QED) is 0.852. The van der Waals surface area contributed by atoms with Crippen LogP contribution in [0.25, 0.3) is 0 Å². The smallest absolute Gasteiger partial charge is 0.252 e. The molecule has 2 aromatic rings. The molecule has 0 saturated carbocycles. The van der Waals surface area contributed by atoms with Crippen molar-refractivity contribution >= 4 is 28.2 Å². The summed E-state index contributed by atoms with van der Waals surface area (Å²) in [5.41, 5.74) is 1.55. The molecule has 0 aliphatic rings. The third-order valence-electron chi connectivity index (χ3n) is 3.15. The largest absolute Gasteiger partial charge is 0.351 e. The highest BCUT2D eigenvalue weighted by Crippen LogP contribution is 2.26. The van der Waals surface area contributed by atoms with Gasteiger partial charge in [-0.25, -0.2) is 12.9 Å². The van der Waals surface area contributed by atoms with Gasteiger partial charge in [0.2, 0.25) is 0 Å². The van der Waals surface area contributed by atoms with E-state index in [0.717, 1.165) is 5.56 Å². The maximum atomic E-state index is 14.0. The molecule has 1 aromatic carbocycles. The van der Waals surface area contributed by atoms with Crippen LogP contribution < -0.4 is 15.6 Å². The lowest BCUT2D eigenvalue weighted by Crippen LogP contribution is -2.24. The number of anilines is 3. The van der Waals surface area contributed by atoms with Gasteiger partial charge in [0.1, 0.15) is 5.82 Å². The van der Waals surface area contributed by atoms with Crippen LogP contribution in [0.5, 0.6) is 0 Å². The highest BCUT2D eigenvalue weighted by molar-refractivity contribution is 7.84. The lowest BCUT2D eigenvalue weighted by atomic mass is 10.2. The summed E-state index contributed by atoms with van der Waals surface area (Å²) in [6, 6.07) is 6.08. The molecule has 138 valence electrons. The van der Waals surface area contributed by atoms with Gasteiger partial charge in [-0.1, -0.05) is 19.9 Å². The summed E-state index contributed by atoms with van der Waals surface area (Å²) in [7, 11) is 4.89. The van der Waals surface area contributed by atoms with Crippen LogP contribution in [0.15, 0.2) is 35.3 Å². The molecule has 2 N–H and O–H groups in total. The minimum Gasteiger partial charge on any atom is -0.351 e. The SMILES string of the molecule is CC.Cc1ccc(Nc2cc(=O)n(C)cc2NS(=O)N(C)C)c(F)c1. The number of rotatable bonds is 5. The second-order valence-electron chi connectivity index (χ2n) is 5.32. The molecular weight excluding hydrogens is 343 g/mol. The van der Waals surface area contributed by atoms with Gasteiger partial charge in [0.25, 0.3) is 5.56 Å². The van der Waals surface area contributed by atoms with Gasteiger partial charge in [-0.05, 0) is 24.6 Å². The normalized spacial score (nSPS) is 11.5. The number of nitrogens with zero attached hydrogens (tertiary/aromatic N) is 2. The Morgan fingerprint density at radius 3 is 2.32 bits per heavy atom. The van der Waals surface area contributed by atoms with Crippen molar-refractivity contribution in [3.8, 4) is 0 Å². The maximum Gasteiger partial charge on any atom is 0.252 e. The molecule has 0 fully saturated rings. The Kier molecular flexibility index (Phi) is 7.79. The number of aromatic nitrogens is 1. The minimum absolute atomic E-state index is 0.238. The van der Waals surface area contributed by atoms with Gasteiger partial charge < -0.3 is 9.88 Å². The summed E-state index contributed by atoms with van der Waals surface area (Å²) in [6.45, 7) is 5.79. The van der Waals surface area contributed by atoms with E-state index in [1.807, 2.05) is 13.8 Å². The molecule has 0 aliphatic heterocycles. The molecule has 6 nitrogen and oxygen atoms in total. The summed E-state index contributed by atoms with van der Waals surface area (Å²) in [6.07, 6.45) is 1.51. The van der Waals surface area contributed by atoms with Crippen molar-refractivity contribution in [3.05, 3.63) is 52.2 Å². The van der Waals surface area contributed by atoms with Crippen LogP contribution >= 0.6 is 0 Å². The number of hydrogen-bond acceptors (Lipinski definition) is 3. The second-order valence-corrected chi connectivity index (χ2v) is 6.75. The zero-order chi connectivity index (χ0) is 19.1. The summed E-state index contributed by atoms with van der Waals surface area (Å²) in [5, 5.41) is 2.88. The summed E-state index contributed by atoms with van der Waals surface area (Å²) in [5.74, 6) is -0.426. The number of pyridine rings is 1. The molecule has 8 heteroatoms. The molecule has 1 unspecified atom stereocenters. The molecule has 1 heterocycles. The Morgan fingerprint density at radius 2 is 1.76 bits per heavy atom. The Hall–Kier alpha value is -2.19. The number of halogens is 1. The van der Waals surface area contributed by atoms with E-state index in [-0.39, 0.29) is 11.2 Å². The summed E-state index contributed by atoms with van der Waals surface area (Å²) in [4.78, 5) is 11.9. The van der Waals surface area contributed by atoms with E-state index in [4.69, 9.17) is 0 Å². The summed E-state index contributed by atoms with van der Waals surface area (Å²) >= 11 is -1.48. The molecule has 0 saturated heterocycles. The van der Waals surface area contributed by atoms with Crippen molar-refractivity contribution in [2.75, 3.05) is 24.1 Å². The van der Waals surface area contributed by atoms with Crippen LogP contribution in [0.4, 0.5) is 21.5 Å². The van der Waals surface area contributed by atoms with Crippen molar-refractivity contribution in [3.63, 3.8) is 0 Å². The van der Waals surface area contributed by atoms with Crippen LogP contribution in [0.1, 0.15) is 19.4 Å². The van der Waals surface area contributed by atoms with E-state index in [1.54, 1.807) is 40.2 Å². The maximum absolute atomic E-state index is 14.0. The monoisotopic (exact) mass is 368 g/mol. The molecule has 0 spiro atoms. The van der Waals surface area contributed by atoms with Crippen molar-refractivity contribution in [1.82, 2.24) is 8.87 Å². The fourth-order valence-electron chi connectivity index (χ4n) is 1.87. The van der Waals surface area contributed by atoms with Crippen molar-refractivity contribution < 1.29 is 8.60 Å². The van der Waals surface area contributed by atoms with E-state index < -0.39 is 17.0 Å². The van der Waals surface area contributed by atoms with Crippen molar-refractivity contribution in [1.29, 1.82) is 0 Å². The predicted octanol–water partition coefficient (Wildman–Crippen LogP) is 3.15. The molecule has 0 radical (unpaired) electrons. The van der Waals surface area contributed by atoms with Crippen LogP contribution in [0.3, 0.4) is 0 Å². The van der Waals surface area contributed by atoms with Gasteiger partial charge in [0.05, 0.1) is 17.1 Å². The molecular formula is C17H25FN4O2S. The van der Waals surface area contributed by atoms with Crippen LogP contribution in [0, 0.1) is 12.7 Å². The average Bonchev–Trinajstić information content (AvgIpc) is 2.56. The van der Waals surface area contributed by atoms with Gasteiger partial charge >= 0.3 is 0 Å². The molecule has 0 aliphatic carbocycles. The average molecular weight is 368 g/mol. The van der Waals surface area contributed by atoms with Crippen LogP contribution in [-0.2, 0) is 18.2 Å². The van der Waals surface area contributed by atoms with Gasteiger partial charge in [-0.3, -0.25) is 9.52 Å². The first-order valence-electron chi connectivity index (χ1n) is 7.87. The fraction of sp³-hybridized carbons (Fsp3) is 0.353. The number of benzene rings is 1. The Morgan fingerprint density at radius 1 is 1.12 bits per heavy atom. The summed E-state index contributed by atoms with van der Waals surface area (Å²) < 4.78 is 31.6. The van der Waals surface area contributed by atoms with E-state index >= 15 is 0 Å². The van der Waals surface area contributed by atoms with Crippen molar-refractivity contribution in [2.24, 2.45) is 7.05 Å². The Labute approximate surface area is 150 Å². The highest BCUT2D eigenvalue weighted by atomic mass is 32.2. The first-order chi connectivity index (χ1) is 11.8. The molecule has 1 atom stereocenters. The Balaban J connectivity index is 0.00000151. The lowest BCUT2D eigenvalue weighted by Gasteiger charge is -2.17. The molecule has 1 aromatic heterocycles. The van der Waals surface area contributed by atoms with Gasteiger partial charge in [-0.2, -0.15) is 0 Å². The van der Waals surface area contributed by atoms with E-state index in [1.165, 1.54) is 27.2 Å². The molecule has 25 heavy (non-hydrogen) atoms. The minimum atomic E-state index is -1.48. The predicted molar refractivity (Wildman–Crippen MR) is 103 cm³/mol. The van der Waals surface area contributed by atoms with Crippen LogP contribution in [-0.4, -0.2) is 27.2 Å². The second kappa shape index (κ2) is 9.33. The van der Waals surface area contributed by atoms with Gasteiger partial charge in [-0.15, -0.1) is 0 Å². The third kappa shape index (κ3) is 5.68. The zero-order valence-corrected chi connectivity index (χ0v) is 16.2. The Bertz CT molecular complexity index is 806. The van der Waals surface area contributed by atoms with Crippen LogP contribution in [0.2, 0.25) is 0 Å². The molecule has 0 bridgehead atoms. The topological polar surface area (TPSA) is 66.4 Å². The number of nitrogens with one attached hydrogen (secondary N) is 2. The molecule has 0 amide bonds. The van der Waals surface area contributed by atoms with E-state index in [0.29, 0.717) is 11.4 Å². The fourth-order valence-corrected chi connectivity index (χ4v) is 2.40. The van der Waals surface area contributed by atoms with E-state index in [9.17, 15) is 13.4 Å². The first-order valence-corrected chi connectivity index (χ1v) is 8.98. The number of aryl methyl sites for hydroxylation is 2.